The van der Waals surface area contributed by atoms with E-state index in [0.717, 1.165) is 30.8 Å². The molecule has 130 valence electrons. The van der Waals surface area contributed by atoms with Crippen LogP contribution in [0, 0.1) is 13.8 Å². The molecule has 0 aromatic carbocycles. The Hall–Kier alpha value is -1.93. The van der Waals surface area contributed by atoms with E-state index in [9.17, 15) is 4.79 Å². The van der Waals surface area contributed by atoms with E-state index in [2.05, 4.69) is 20.6 Å². The summed E-state index contributed by atoms with van der Waals surface area (Å²) in [5.41, 5.74) is 1.50. The lowest BCUT2D eigenvalue weighted by Gasteiger charge is -2.05. The van der Waals surface area contributed by atoms with Gasteiger partial charge in [-0.05, 0) is 26.7 Å². The Morgan fingerprint density at radius 2 is 2.29 bits per heavy atom. The van der Waals surface area contributed by atoms with E-state index in [1.54, 1.807) is 4.68 Å². The molecule has 2 aromatic heterocycles. The van der Waals surface area contributed by atoms with Crippen LogP contribution in [0.5, 0.6) is 0 Å². The maximum absolute atomic E-state index is 12.0. The molecule has 0 unspecified atom stereocenters. The van der Waals surface area contributed by atoms with Crippen LogP contribution in [0.25, 0.3) is 0 Å². The second-order valence-electron chi connectivity index (χ2n) is 5.79. The first-order valence-corrected chi connectivity index (χ1v) is 8.32. The van der Waals surface area contributed by atoms with Gasteiger partial charge < -0.3 is 14.6 Å². The van der Waals surface area contributed by atoms with Crippen molar-refractivity contribution >= 4 is 17.5 Å². The topological polar surface area (TPSA) is 95.1 Å². The van der Waals surface area contributed by atoms with Crippen molar-refractivity contribution in [1.29, 1.82) is 0 Å². The highest BCUT2D eigenvalue weighted by Gasteiger charge is 2.23. The second kappa shape index (κ2) is 7.31. The molecule has 0 aliphatic carbocycles. The molecule has 1 amide bonds. The van der Waals surface area contributed by atoms with E-state index in [1.807, 2.05) is 13.8 Å². The maximum Gasteiger partial charge on any atom is 0.255 e. The van der Waals surface area contributed by atoms with Crippen molar-refractivity contribution in [2.45, 2.75) is 45.8 Å². The van der Waals surface area contributed by atoms with Crippen LogP contribution in [0.2, 0.25) is 5.02 Å². The van der Waals surface area contributed by atoms with Gasteiger partial charge in [-0.25, -0.2) is 0 Å². The summed E-state index contributed by atoms with van der Waals surface area (Å²) in [6, 6.07) is 0. The summed E-state index contributed by atoms with van der Waals surface area (Å²) in [5, 5.41) is 11.6. The first-order chi connectivity index (χ1) is 11.5. The summed E-state index contributed by atoms with van der Waals surface area (Å²) in [7, 11) is 0. The van der Waals surface area contributed by atoms with E-state index in [0.29, 0.717) is 29.7 Å². The third kappa shape index (κ3) is 3.76. The zero-order valence-corrected chi connectivity index (χ0v) is 14.5. The van der Waals surface area contributed by atoms with Crippen molar-refractivity contribution < 1.29 is 14.1 Å². The number of carbonyl (C=O) groups is 1. The molecule has 8 nitrogen and oxygen atoms in total. The Kier molecular flexibility index (Phi) is 5.15. The number of nitrogens with one attached hydrogen (secondary N) is 1. The molecule has 0 bridgehead atoms. The van der Waals surface area contributed by atoms with Crippen LogP contribution >= 0.6 is 11.6 Å². The average molecular weight is 354 g/mol. The van der Waals surface area contributed by atoms with E-state index >= 15 is 0 Å². The quantitative estimate of drug-likeness (QED) is 0.850. The molecule has 2 aromatic rings. The number of halogens is 1. The Morgan fingerprint density at radius 1 is 1.46 bits per heavy atom. The average Bonchev–Trinajstić information content (AvgIpc) is 3.27. The normalized spacial score (nSPS) is 17.4. The fraction of sp³-hybridized carbons (Fsp3) is 0.600. The van der Waals surface area contributed by atoms with Gasteiger partial charge in [0.2, 0.25) is 5.91 Å². The predicted molar refractivity (Wildman–Crippen MR) is 85.6 cm³/mol. The van der Waals surface area contributed by atoms with Crippen molar-refractivity contribution in [1.82, 2.24) is 25.2 Å². The van der Waals surface area contributed by atoms with E-state index in [-0.39, 0.29) is 18.6 Å². The Bertz CT molecular complexity index is 721. The second-order valence-corrected chi connectivity index (χ2v) is 6.17. The molecular formula is C15H20ClN5O3. The Balaban J connectivity index is 1.46. The first kappa shape index (κ1) is 16.9. The van der Waals surface area contributed by atoms with Gasteiger partial charge in [-0.2, -0.15) is 10.1 Å². The van der Waals surface area contributed by atoms with Gasteiger partial charge in [0.05, 0.1) is 16.4 Å². The zero-order chi connectivity index (χ0) is 17.1. The molecule has 0 spiro atoms. The van der Waals surface area contributed by atoms with Gasteiger partial charge in [0.15, 0.2) is 5.82 Å². The minimum atomic E-state index is -0.139. The van der Waals surface area contributed by atoms with Crippen LogP contribution in [0.3, 0.4) is 0 Å². The van der Waals surface area contributed by atoms with E-state index < -0.39 is 0 Å². The number of aryl methyl sites for hydroxylation is 1. The highest BCUT2D eigenvalue weighted by atomic mass is 35.5. The molecule has 3 rings (SSSR count). The number of rotatable bonds is 6. The molecule has 1 N–H and O–H groups in total. The predicted octanol–water partition coefficient (Wildman–Crippen LogP) is 1.75. The third-order valence-corrected chi connectivity index (χ3v) is 4.49. The molecule has 1 aliphatic heterocycles. The summed E-state index contributed by atoms with van der Waals surface area (Å²) in [6.45, 7) is 4.94. The van der Waals surface area contributed by atoms with E-state index in [4.69, 9.17) is 20.9 Å². The standard InChI is InChI=1S/C15H20ClN5O3/c1-9-14(16)10(2)21(19-9)8-13(22)17-6-5-12-18-15(24-20-12)11-4-3-7-23-11/h11H,3-8H2,1-2H3,(H,17,22)/t11-/m1/s1. The van der Waals surface area contributed by atoms with Crippen LogP contribution in [0.1, 0.15) is 42.0 Å². The first-order valence-electron chi connectivity index (χ1n) is 7.95. The van der Waals surface area contributed by atoms with Crippen LogP contribution < -0.4 is 5.32 Å². The SMILES string of the molecule is Cc1nn(CC(=O)NCCc2noc([C@H]3CCCO3)n2)c(C)c1Cl. The number of amides is 1. The van der Waals surface area contributed by atoms with Crippen molar-refractivity contribution in [2.75, 3.05) is 13.2 Å². The fourth-order valence-corrected chi connectivity index (χ4v) is 2.74. The number of aromatic nitrogens is 4. The smallest absolute Gasteiger partial charge is 0.255 e. The van der Waals surface area contributed by atoms with Crippen molar-refractivity contribution in [3.8, 4) is 0 Å². The lowest BCUT2D eigenvalue weighted by atomic mass is 10.2. The van der Waals surface area contributed by atoms with Crippen LogP contribution in [-0.4, -0.2) is 39.0 Å². The van der Waals surface area contributed by atoms with Crippen molar-refractivity contribution in [3.05, 3.63) is 28.1 Å². The lowest BCUT2D eigenvalue weighted by molar-refractivity contribution is -0.121. The van der Waals surface area contributed by atoms with Crippen molar-refractivity contribution in [2.24, 2.45) is 0 Å². The maximum atomic E-state index is 12.0. The van der Waals surface area contributed by atoms with Crippen molar-refractivity contribution in [3.63, 3.8) is 0 Å². The molecule has 1 fully saturated rings. The fourth-order valence-electron chi connectivity index (χ4n) is 2.61. The highest BCUT2D eigenvalue weighted by Crippen LogP contribution is 2.26. The molecule has 1 atom stereocenters. The third-order valence-electron chi connectivity index (χ3n) is 3.95. The van der Waals surface area contributed by atoms with Crippen LogP contribution in [0.15, 0.2) is 4.52 Å². The van der Waals surface area contributed by atoms with Gasteiger partial charge in [0, 0.05) is 19.6 Å². The number of nitrogens with zero attached hydrogens (tertiary/aromatic N) is 4. The number of hydrogen-bond donors (Lipinski definition) is 1. The van der Waals surface area contributed by atoms with Gasteiger partial charge in [-0.1, -0.05) is 16.8 Å². The minimum Gasteiger partial charge on any atom is -0.368 e. The molecule has 0 radical (unpaired) electrons. The lowest BCUT2D eigenvalue weighted by Crippen LogP contribution is -2.30. The Morgan fingerprint density at radius 3 is 2.96 bits per heavy atom. The molecular weight excluding hydrogens is 334 g/mol. The van der Waals surface area contributed by atoms with E-state index in [1.165, 1.54) is 0 Å². The summed E-state index contributed by atoms with van der Waals surface area (Å²) >= 11 is 6.07. The van der Waals surface area contributed by atoms with Crippen LogP contribution in [-0.2, 0) is 22.5 Å². The minimum absolute atomic E-state index is 0.0865. The molecule has 1 aliphatic rings. The van der Waals surface area contributed by atoms with Gasteiger partial charge in [0.1, 0.15) is 12.6 Å². The number of ether oxygens (including phenoxy) is 1. The molecule has 3 heterocycles. The molecule has 9 heteroatoms. The largest absolute Gasteiger partial charge is 0.368 e. The molecule has 0 saturated carbocycles. The Labute approximate surface area is 144 Å². The highest BCUT2D eigenvalue weighted by molar-refractivity contribution is 6.31. The van der Waals surface area contributed by atoms with Gasteiger partial charge >= 0.3 is 0 Å². The number of hydrogen-bond acceptors (Lipinski definition) is 6. The molecule has 24 heavy (non-hydrogen) atoms. The van der Waals surface area contributed by atoms with Gasteiger partial charge in [-0.3, -0.25) is 9.48 Å². The summed E-state index contributed by atoms with van der Waals surface area (Å²) in [5.74, 6) is 0.946. The molecule has 1 saturated heterocycles. The summed E-state index contributed by atoms with van der Waals surface area (Å²) in [6.07, 6.45) is 2.33. The monoisotopic (exact) mass is 353 g/mol. The summed E-state index contributed by atoms with van der Waals surface area (Å²) < 4.78 is 12.3. The number of carbonyl (C=O) groups excluding carboxylic acids is 1. The summed E-state index contributed by atoms with van der Waals surface area (Å²) in [4.78, 5) is 16.3. The van der Waals surface area contributed by atoms with Gasteiger partial charge in [0.25, 0.3) is 5.89 Å². The van der Waals surface area contributed by atoms with Gasteiger partial charge in [-0.15, -0.1) is 0 Å². The zero-order valence-electron chi connectivity index (χ0n) is 13.7. The van der Waals surface area contributed by atoms with Crippen LogP contribution in [0.4, 0.5) is 0 Å².